The molecule has 0 radical (unpaired) electrons. The molecule has 2 aromatic rings. The maximum Gasteiger partial charge on any atom is 0.265 e. The molecule has 0 N–H and O–H groups in total. The molecule has 0 spiro atoms. The first-order chi connectivity index (χ1) is 9.72. The topological polar surface area (TPSA) is 39.9 Å². The van der Waals surface area contributed by atoms with E-state index in [2.05, 4.69) is 10.1 Å². The molecule has 0 saturated heterocycles. The number of rotatable bonds is 4. The second-order valence-corrected chi connectivity index (χ2v) is 4.83. The molecule has 3 heterocycles. The fraction of sp³-hybridized carbons (Fsp3) is 0.429. The Morgan fingerprint density at radius 2 is 2.20 bits per heavy atom. The first kappa shape index (κ1) is 13.0. The van der Waals surface area contributed by atoms with Crippen molar-refractivity contribution in [1.29, 1.82) is 0 Å². The van der Waals surface area contributed by atoms with Crippen molar-refractivity contribution in [3.05, 3.63) is 41.3 Å². The van der Waals surface area contributed by atoms with Gasteiger partial charge in [-0.1, -0.05) is 0 Å². The van der Waals surface area contributed by atoms with Gasteiger partial charge in [0.25, 0.3) is 6.43 Å². The smallest absolute Gasteiger partial charge is 0.265 e. The van der Waals surface area contributed by atoms with Crippen LogP contribution < -0.4 is 4.74 Å². The highest BCUT2D eigenvalue weighted by molar-refractivity contribution is 5.19. The van der Waals surface area contributed by atoms with Gasteiger partial charge in [0.1, 0.15) is 12.3 Å². The Balaban J connectivity index is 1.62. The predicted octanol–water partition coefficient (Wildman–Crippen LogP) is 3.13. The minimum atomic E-state index is -2.50. The molecule has 2 aromatic heterocycles. The van der Waals surface area contributed by atoms with Crippen molar-refractivity contribution in [1.82, 2.24) is 14.8 Å². The summed E-state index contributed by atoms with van der Waals surface area (Å²) < 4.78 is 32.3. The molecule has 1 aliphatic heterocycles. The summed E-state index contributed by atoms with van der Waals surface area (Å²) in [6, 6.07) is 4.81. The SMILES string of the molecule is FC(F)c1ccc(OCc2cc3n(n2)CCCC3)nc1. The lowest BCUT2D eigenvalue weighted by molar-refractivity contribution is 0.150. The number of aromatic nitrogens is 3. The van der Waals surface area contributed by atoms with Crippen LogP contribution in [0.15, 0.2) is 24.4 Å². The first-order valence-electron chi connectivity index (χ1n) is 6.65. The third-order valence-corrected chi connectivity index (χ3v) is 3.35. The zero-order chi connectivity index (χ0) is 13.9. The van der Waals surface area contributed by atoms with Crippen LogP contribution in [0.25, 0.3) is 0 Å². The van der Waals surface area contributed by atoms with Crippen LogP contribution in [-0.2, 0) is 19.6 Å². The van der Waals surface area contributed by atoms with Crippen LogP contribution in [0.3, 0.4) is 0 Å². The van der Waals surface area contributed by atoms with Crippen molar-refractivity contribution in [2.24, 2.45) is 0 Å². The Labute approximate surface area is 115 Å². The number of halogens is 2. The Kier molecular flexibility index (Phi) is 3.62. The number of ether oxygens (including phenoxy) is 1. The number of pyridine rings is 1. The van der Waals surface area contributed by atoms with Gasteiger partial charge >= 0.3 is 0 Å². The van der Waals surface area contributed by atoms with Crippen LogP contribution in [0.2, 0.25) is 0 Å². The quantitative estimate of drug-likeness (QED) is 0.863. The van der Waals surface area contributed by atoms with Crippen molar-refractivity contribution < 1.29 is 13.5 Å². The van der Waals surface area contributed by atoms with E-state index in [-0.39, 0.29) is 5.56 Å². The third-order valence-electron chi connectivity index (χ3n) is 3.35. The lowest BCUT2D eigenvalue weighted by Crippen LogP contribution is -2.10. The molecule has 0 bridgehead atoms. The maximum atomic E-state index is 12.4. The summed E-state index contributed by atoms with van der Waals surface area (Å²) in [7, 11) is 0. The molecule has 0 amide bonds. The van der Waals surface area contributed by atoms with E-state index >= 15 is 0 Å². The highest BCUT2D eigenvalue weighted by Gasteiger charge is 2.12. The predicted molar refractivity (Wildman–Crippen MR) is 68.7 cm³/mol. The van der Waals surface area contributed by atoms with Crippen LogP contribution >= 0.6 is 0 Å². The second kappa shape index (κ2) is 5.56. The second-order valence-electron chi connectivity index (χ2n) is 4.83. The molecule has 6 heteroatoms. The van der Waals surface area contributed by atoms with Crippen molar-refractivity contribution in [2.45, 2.75) is 38.8 Å². The van der Waals surface area contributed by atoms with Gasteiger partial charge in [0.05, 0.1) is 0 Å². The fourth-order valence-electron chi connectivity index (χ4n) is 2.30. The zero-order valence-electron chi connectivity index (χ0n) is 10.9. The van der Waals surface area contributed by atoms with Gasteiger partial charge in [-0.25, -0.2) is 13.8 Å². The summed E-state index contributed by atoms with van der Waals surface area (Å²) in [4.78, 5) is 3.86. The average molecular weight is 279 g/mol. The summed E-state index contributed by atoms with van der Waals surface area (Å²) >= 11 is 0. The largest absolute Gasteiger partial charge is 0.471 e. The Morgan fingerprint density at radius 1 is 1.30 bits per heavy atom. The van der Waals surface area contributed by atoms with E-state index in [1.54, 1.807) is 0 Å². The third kappa shape index (κ3) is 2.79. The van der Waals surface area contributed by atoms with Gasteiger partial charge in [-0.2, -0.15) is 5.10 Å². The molecular weight excluding hydrogens is 264 g/mol. The molecule has 3 rings (SSSR count). The van der Waals surface area contributed by atoms with E-state index < -0.39 is 6.43 Å². The molecule has 0 saturated carbocycles. The summed E-state index contributed by atoms with van der Waals surface area (Å²) in [5.41, 5.74) is 1.98. The first-order valence-corrected chi connectivity index (χ1v) is 6.65. The molecule has 1 aliphatic rings. The van der Waals surface area contributed by atoms with E-state index in [1.807, 2.05) is 10.7 Å². The number of nitrogens with zero attached hydrogens (tertiary/aromatic N) is 3. The molecular formula is C14H15F2N3O. The molecule has 106 valence electrons. The van der Waals surface area contributed by atoms with Gasteiger partial charge < -0.3 is 4.74 Å². The highest BCUT2D eigenvalue weighted by atomic mass is 19.3. The molecule has 0 aliphatic carbocycles. The number of aryl methyl sites for hydroxylation is 2. The molecule has 0 fully saturated rings. The molecule has 0 atom stereocenters. The van der Waals surface area contributed by atoms with Gasteiger partial charge in [0.2, 0.25) is 5.88 Å². The summed E-state index contributed by atoms with van der Waals surface area (Å²) in [5.74, 6) is 0.334. The number of hydrogen-bond acceptors (Lipinski definition) is 3. The summed E-state index contributed by atoms with van der Waals surface area (Å²) in [5, 5.41) is 4.46. The standard InChI is InChI=1S/C14H15F2N3O/c15-14(16)10-4-5-13(17-8-10)20-9-11-7-12-3-1-2-6-19(12)18-11/h4-5,7-8,14H,1-3,6,9H2. The summed E-state index contributed by atoms with van der Waals surface area (Å²) in [6.45, 7) is 1.26. The minimum absolute atomic E-state index is 0.102. The van der Waals surface area contributed by atoms with Gasteiger partial charge in [-0.15, -0.1) is 0 Å². The monoisotopic (exact) mass is 279 g/mol. The number of alkyl halides is 2. The van der Waals surface area contributed by atoms with E-state index in [9.17, 15) is 8.78 Å². The van der Waals surface area contributed by atoms with Gasteiger partial charge in [-0.05, 0) is 31.4 Å². The Morgan fingerprint density at radius 3 is 2.90 bits per heavy atom. The van der Waals surface area contributed by atoms with Crippen LogP contribution in [-0.4, -0.2) is 14.8 Å². The van der Waals surface area contributed by atoms with E-state index in [1.165, 1.54) is 24.2 Å². The van der Waals surface area contributed by atoms with E-state index in [0.29, 0.717) is 12.5 Å². The van der Waals surface area contributed by atoms with E-state index in [4.69, 9.17) is 4.74 Å². The van der Waals surface area contributed by atoms with Crippen molar-refractivity contribution >= 4 is 0 Å². The van der Waals surface area contributed by atoms with Gasteiger partial charge in [-0.3, -0.25) is 4.68 Å². The van der Waals surface area contributed by atoms with Crippen LogP contribution in [0.4, 0.5) is 8.78 Å². The van der Waals surface area contributed by atoms with Crippen LogP contribution in [0.5, 0.6) is 5.88 Å². The van der Waals surface area contributed by atoms with Crippen molar-refractivity contribution in [2.75, 3.05) is 0 Å². The average Bonchev–Trinajstić information content (AvgIpc) is 2.88. The molecule has 0 aromatic carbocycles. The lowest BCUT2D eigenvalue weighted by atomic mass is 10.1. The highest BCUT2D eigenvalue weighted by Crippen LogP contribution is 2.20. The fourth-order valence-corrected chi connectivity index (χ4v) is 2.30. The maximum absolute atomic E-state index is 12.4. The van der Waals surface area contributed by atoms with E-state index in [0.717, 1.165) is 31.3 Å². The Bertz CT molecular complexity index is 557. The van der Waals surface area contributed by atoms with Crippen molar-refractivity contribution in [3.8, 4) is 5.88 Å². The molecule has 4 nitrogen and oxygen atoms in total. The normalized spacial score (nSPS) is 14.3. The molecule has 20 heavy (non-hydrogen) atoms. The van der Waals surface area contributed by atoms with Crippen molar-refractivity contribution in [3.63, 3.8) is 0 Å². The number of fused-ring (bicyclic) bond motifs is 1. The minimum Gasteiger partial charge on any atom is -0.471 e. The molecule has 0 unspecified atom stereocenters. The lowest BCUT2D eigenvalue weighted by Gasteiger charge is -2.11. The van der Waals surface area contributed by atoms with Crippen LogP contribution in [0, 0.1) is 0 Å². The Hall–Kier alpha value is -1.98. The summed E-state index contributed by atoms with van der Waals surface area (Å²) in [6.07, 6.45) is 2.04. The van der Waals surface area contributed by atoms with Gasteiger partial charge in [0, 0.05) is 30.1 Å². The zero-order valence-corrected chi connectivity index (χ0v) is 10.9. The van der Waals surface area contributed by atoms with Gasteiger partial charge in [0.15, 0.2) is 0 Å². The number of hydrogen-bond donors (Lipinski definition) is 0. The van der Waals surface area contributed by atoms with Crippen LogP contribution in [0.1, 0.15) is 36.2 Å².